The molecule has 0 aliphatic rings. The Balaban J connectivity index is 2.04. The summed E-state index contributed by atoms with van der Waals surface area (Å²) < 4.78 is 90.4. The van der Waals surface area contributed by atoms with Crippen LogP contribution in [0.4, 0.5) is 26.3 Å². The topological polar surface area (TPSA) is 94.2 Å². The van der Waals surface area contributed by atoms with E-state index in [4.69, 9.17) is 4.74 Å². The third-order valence-corrected chi connectivity index (χ3v) is 4.91. The molecule has 3 aromatic rings. The van der Waals surface area contributed by atoms with E-state index in [2.05, 4.69) is 9.72 Å². The second-order valence-electron chi connectivity index (χ2n) is 7.75. The van der Waals surface area contributed by atoms with E-state index >= 15 is 0 Å². The second kappa shape index (κ2) is 10.3. The van der Waals surface area contributed by atoms with Gasteiger partial charge in [-0.1, -0.05) is 0 Å². The largest absolute Gasteiger partial charge is 0.426 e. The van der Waals surface area contributed by atoms with Gasteiger partial charge in [-0.25, -0.2) is 9.78 Å². The van der Waals surface area contributed by atoms with Gasteiger partial charge in [0, 0.05) is 43.7 Å². The highest BCUT2D eigenvalue weighted by molar-refractivity contribution is 6.00. The number of esters is 2. The van der Waals surface area contributed by atoms with Crippen LogP contribution in [0.25, 0.3) is 17.1 Å². The first-order valence-corrected chi connectivity index (χ1v) is 10.4. The molecule has 13 heteroatoms. The maximum atomic E-state index is 13.3. The second-order valence-corrected chi connectivity index (χ2v) is 7.75. The van der Waals surface area contributed by atoms with Crippen molar-refractivity contribution in [1.29, 1.82) is 5.26 Å². The fourth-order valence-electron chi connectivity index (χ4n) is 3.46. The van der Waals surface area contributed by atoms with Crippen molar-refractivity contribution in [3.8, 4) is 6.07 Å². The fraction of sp³-hybridized carbons (Fsp3) is 0.250. The number of benzene rings is 1. The lowest BCUT2D eigenvalue weighted by molar-refractivity contribution is -0.179. The number of alkyl halides is 6. The van der Waals surface area contributed by atoms with Gasteiger partial charge in [-0.2, -0.15) is 31.6 Å². The van der Waals surface area contributed by atoms with Crippen LogP contribution in [0, 0.1) is 11.3 Å². The van der Waals surface area contributed by atoms with Crippen LogP contribution >= 0.6 is 0 Å². The molecule has 0 amide bonds. The molecule has 0 spiro atoms. The first kappa shape index (κ1) is 27.3. The summed E-state index contributed by atoms with van der Waals surface area (Å²) in [4.78, 5) is 27.4. The number of nitrogens with zero attached hydrogens (tertiary/aromatic N) is 3. The Morgan fingerprint density at radius 2 is 1.73 bits per heavy atom. The van der Waals surface area contributed by atoms with Crippen molar-refractivity contribution in [2.45, 2.75) is 39.0 Å². The number of carbonyl (C=O) groups is 2. The molecule has 0 aliphatic carbocycles. The predicted octanol–water partition coefficient (Wildman–Crippen LogP) is 5.48. The molecule has 2 aromatic heterocycles. The molecular formula is C24H17F6N3O4. The first-order valence-electron chi connectivity index (χ1n) is 10.4. The summed E-state index contributed by atoms with van der Waals surface area (Å²) in [5, 5.41) is 9.78. The normalized spacial score (nSPS) is 13.2. The zero-order valence-electron chi connectivity index (χ0n) is 19.1. The van der Waals surface area contributed by atoms with E-state index in [1.807, 2.05) is 0 Å². The number of ether oxygens (including phenoxy) is 2. The number of aromatic nitrogens is 2. The number of carbonyl (C=O) groups excluding carboxylic acids is 2. The van der Waals surface area contributed by atoms with Gasteiger partial charge in [0.15, 0.2) is 0 Å². The van der Waals surface area contributed by atoms with Gasteiger partial charge in [-0.05, 0) is 42.0 Å². The van der Waals surface area contributed by atoms with Crippen molar-refractivity contribution in [3.63, 3.8) is 0 Å². The van der Waals surface area contributed by atoms with Crippen molar-refractivity contribution < 1.29 is 45.4 Å². The summed E-state index contributed by atoms with van der Waals surface area (Å²) in [6, 6.07) is 5.95. The molecule has 194 valence electrons. The molecule has 0 radical (unpaired) electrons. The summed E-state index contributed by atoms with van der Waals surface area (Å²) in [5.41, 5.74) is -3.31. The Kier molecular flexibility index (Phi) is 7.61. The van der Waals surface area contributed by atoms with Gasteiger partial charge in [0.05, 0.1) is 11.1 Å². The third kappa shape index (κ3) is 6.66. The summed E-state index contributed by atoms with van der Waals surface area (Å²) in [6.07, 6.45) is -7.49. The van der Waals surface area contributed by atoms with Gasteiger partial charge in [-0.15, -0.1) is 0 Å². The van der Waals surface area contributed by atoms with E-state index in [0.717, 1.165) is 13.0 Å². The minimum absolute atomic E-state index is 0.0330. The summed E-state index contributed by atoms with van der Waals surface area (Å²) in [6.45, 7) is 1.92. The molecule has 0 aliphatic heterocycles. The smallest absolute Gasteiger partial charge is 0.416 e. The van der Waals surface area contributed by atoms with Crippen LogP contribution in [0.2, 0.25) is 0 Å². The minimum Gasteiger partial charge on any atom is -0.426 e. The molecule has 7 nitrogen and oxygen atoms in total. The lowest BCUT2D eigenvalue weighted by atomic mass is 10.0. The molecule has 0 N–H and O–H groups in total. The average Bonchev–Trinajstić information content (AvgIpc) is 3.12. The van der Waals surface area contributed by atoms with E-state index in [-0.39, 0.29) is 22.8 Å². The number of hydrogen-bond acceptors (Lipinski definition) is 6. The van der Waals surface area contributed by atoms with Crippen molar-refractivity contribution in [1.82, 2.24) is 9.55 Å². The zero-order valence-corrected chi connectivity index (χ0v) is 19.1. The lowest BCUT2D eigenvalue weighted by Gasteiger charge is -2.14. The minimum atomic E-state index is -5.01. The van der Waals surface area contributed by atoms with Gasteiger partial charge >= 0.3 is 24.3 Å². The first-order chi connectivity index (χ1) is 17.2. The molecule has 0 saturated carbocycles. The quantitative estimate of drug-likeness (QED) is 0.139. The molecule has 1 unspecified atom stereocenters. The van der Waals surface area contributed by atoms with Gasteiger partial charge in [0.2, 0.25) is 6.29 Å². The number of pyridine rings is 1. The van der Waals surface area contributed by atoms with Crippen molar-refractivity contribution >= 4 is 29.0 Å². The predicted molar refractivity (Wildman–Crippen MR) is 116 cm³/mol. The van der Waals surface area contributed by atoms with E-state index in [1.54, 1.807) is 12.1 Å². The van der Waals surface area contributed by atoms with Crippen molar-refractivity contribution in [2.75, 3.05) is 0 Å². The van der Waals surface area contributed by atoms with Crippen molar-refractivity contribution in [3.05, 3.63) is 70.6 Å². The Morgan fingerprint density at radius 3 is 2.27 bits per heavy atom. The Hall–Kier alpha value is -4.34. The number of hydrogen-bond donors (Lipinski definition) is 0. The maximum Gasteiger partial charge on any atom is 0.416 e. The fourth-order valence-corrected chi connectivity index (χ4v) is 3.46. The molecule has 0 fully saturated rings. The summed E-state index contributed by atoms with van der Waals surface area (Å²) in [7, 11) is 0. The number of rotatable bonds is 6. The molecule has 0 bridgehead atoms. The van der Waals surface area contributed by atoms with Crippen molar-refractivity contribution in [2.24, 2.45) is 0 Å². The van der Waals surface area contributed by atoms with E-state index < -0.39 is 53.8 Å². The van der Waals surface area contributed by atoms with Crippen LogP contribution in [-0.2, 0) is 38.0 Å². The van der Waals surface area contributed by atoms with Gasteiger partial charge in [-0.3, -0.25) is 4.79 Å². The molecule has 1 aromatic carbocycles. The van der Waals surface area contributed by atoms with Crippen LogP contribution in [-0.4, -0.2) is 27.8 Å². The maximum absolute atomic E-state index is 13.3. The van der Waals surface area contributed by atoms with E-state index in [9.17, 15) is 41.2 Å². The summed E-state index contributed by atoms with van der Waals surface area (Å²) >= 11 is 0. The van der Waals surface area contributed by atoms with E-state index in [1.165, 1.54) is 30.0 Å². The van der Waals surface area contributed by atoms with Gasteiger partial charge in [0.1, 0.15) is 17.3 Å². The Bertz CT molecular complexity index is 1380. The zero-order chi connectivity index (χ0) is 27.5. The standard InChI is InChI=1S/C24H17F6N3O4/c1-13(34)36-14(2)37-22(35)16(10-31)8-17-12-33(21-20(17)4-3-5-32-21)11-15-6-18(23(25,26)27)9-19(7-15)24(28,29)30/h3-9,12,14H,11H2,1-2H3/b16-8+. The molecule has 37 heavy (non-hydrogen) atoms. The van der Waals surface area contributed by atoms with Crippen LogP contribution < -0.4 is 0 Å². The number of nitriles is 1. The molecular weight excluding hydrogens is 508 g/mol. The Labute approximate surface area is 205 Å². The number of halogens is 6. The van der Waals surface area contributed by atoms with Gasteiger partial charge < -0.3 is 14.0 Å². The van der Waals surface area contributed by atoms with Crippen LogP contribution in [0.5, 0.6) is 0 Å². The lowest BCUT2D eigenvalue weighted by Crippen LogP contribution is -2.21. The highest BCUT2D eigenvalue weighted by atomic mass is 19.4. The third-order valence-electron chi connectivity index (χ3n) is 4.91. The van der Waals surface area contributed by atoms with E-state index in [0.29, 0.717) is 17.5 Å². The molecule has 1 atom stereocenters. The van der Waals surface area contributed by atoms with Crippen LogP contribution in [0.1, 0.15) is 36.1 Å². The molecule has 0 saturated heterocycles. The average molecular weight is 525 g/mol. The highest BCUT2D eigenvalue weighted by Crippen LogP contribution is 2.36. The van der Waals surface area contributed by atoms with Crippen LogP contribution in [0.3, 0.4) is 0 Å². The van der Waals surface area contributed by atoms with Gasteiger partial charge in [0.25, 0.3) is 0 Å². The SMILES string of the molecule is CC(=O)OC(C)OC(=O)/C(C#N)=C/c1cn(Cc2cc(C(F)(F)F)cc(C(F)(F)F)c2)c2ncccc12. The molecule has 3 rings (SSSR count). The molecule has 2 heterocycles. The summed E-state index contributed by atoms with van der Waals surface area (Å²) in [5.74, 6) is -1.84. The number of fused-ring (bicyclic) bond motifs is 1. The highest BCUT2D eigenvalue weighted by Gasteiger charge is 2.37. The van der Waals surface area contributed by atoms with Crippen LogP contribution in [0.15, 0.2) is 48.3 Å². The Morgan fingerprint density at radius 1 is 1.11 bits per heavy atom. The monoisotopic (exact) mass is 525 g/mol.